The van der Waals surface area contributed by atoms with E-state index in [1.807, 2.05) is 25.1 Å². The summed E-state index contributed by atoms with van der Waals surface area (Å²) >= 11 is 3.20. The Labute approximate surface area is 132 Å². The van der Waals surface area contributed by atoms with Crippen LogP contribution in [0.1, 0.15) is 11.1 Å². The number of benzene rings is 2. The number of anilines is 1. The lowest BCUT2D eigenvalue weighted by atomic mass is 10.1. The largest absolute Gasteiger partial charge is 0.493 e. The smallest absolute Gasteiger partial charge is 0.165 e. The van der Waals surface area contributed by atoms with E-state index >= 15 is 0 Å². The van der Waals surface area contributed by atoms with Gasteiger partial charge in [0.2, 0.25) is 0 Å². The molecule has 0 aliphatic rings. The van der Waals surface area contributed by atoms with Gasteiger partial charge in [-0.1, -0.05) is 12.1 Å². The summed E-state index contributed by atoms with van der Waals surface area (Å²) in [5, 5.41) is 3.29. The molecule has 0 aromatic heterocycles. The number of methoxy groups -OCH3 is 2. The topological polar surface area (TPSA) is 30.5 Å². The number of rotatable bonds is 5. The summed E-state index contributed by atoms with van der Waals surface area (Å²) in [6, 6.07) is 8.95. The van der Waals surface area contributed by atoms with Gasteiger partial charge in [-0.15, -0.1) is 0 Å². The van der Waals surface area contributed by atoms with E-state index in [4.69, 9.17) is 9.47 Å². The first-order chi connectivity index (χ1) is 10.1. The van der Waals surface area contributed by atoms with Gasteiger partial charge in [0.05, 0.1) is 18.7 Å². The van der Waals surface area contributed by atoms with E-state index in [1.165, 1.54) is 6.07 Å². The van der Waals surface area contributed by atoms with Crippen LogP contribution in [0.15, 0.2) is 34.8 Å². The summed E-state index contributed by atoms with van der Waals surface area (Å²) in [6.45, 7) is 2.42. The summed E-state index contributed by atoms with van der Waals surface area (Å²) in [6.07, 6.45) is 0. The molecular formula is C16H17BrFNO2. The molecule has 2 rings (SSSR count). The monoisotopic (exact) mass is 353 g/mol. The summed E-state index contributed by atoms with van der Waals surface area (Å²) in [4.78, 5) is 0. The average Bonchev–Trinajstić information content (AvgIpc) is 2.49. The molecule has 0 heterocycles. The number of aryl methyl sites for hydroxylation is 1. The molecular weight excluding hydrogens is 337 g/mol. The average molecular weight is 354 g/mol. The van der Waals surface area contributed by atoms with Crippen molar-refractivity contribution in [2.24, 2.45) is 0 Å². The van der Waals surface area contributed by atoms with E-state index in [9.17, 15) is 4.39 Å². The highest BCUT2D eigenvalue weighted by molar-refractivity contribution is 9.10. The highest BCUT2D eigenvalue weighted by Crippen LogP contribution is 2.32. The fraction of sp³-hybridized carbons (Fsp3) is 0.250. The van der Waals surface area contributed by atoms with Crippen LogP contribution < -0.4 is 14.8 Å². The number of para-hydroxylation sites is 1. The number of halogens is 2. The summed E-state index contributed by atoms with van der Waals surface area (Å²) in [7, 11) is 3.22. The van der Waals surface area contributed by atoms with Crippen LogP contribution in [0.5, 0.6) is 11.5 Å². The molecule has 0 atom stereocenters. The van der Waals surface area contributed by atoms with E-state index < -0.39 is 0 Å². The maximum absolute atomic E-state index is 13.4. The van der Waals surface area contributed by atoms with Gasteiger partial charge in [0.25, 0.3) is 0 Å². The van der Waals surface area contributed by atoms with Crippen LogP contribution in [0.25, 0.3) is 0 Å². The first kappa shape index (κ1) is 15.6. The second-order valence-electron chi connectivity index (χ2n) is 4.59. The SMILES string of the molecule is COc1cccc(CNc2cc(Br)c(F)cc2C)c1OC. The lowest BCUT2D eigenvalue weighted by molar-refractivity contribution is 0.352. The standard InChI is InChI=1S/C16H17BrFNO2/c1-10-7-13(18)12(17)8-14(10)19-9-11-5-4-6-15(20-2)16(11)21-3/h4-8,19H,9H2,1-3H3. The zero-order valence-electron chi connectivity index (χ0n) is 12.2. The molecule has 0 saturated heterocycles. The Kier molecular flexibility index (Phi) is 5.07. The third-order valence-corrected chi connectivity index (χ3v) is 3.83. The van der Waals surface area contributed by atoms with Crippen LogP contribution in [0, 0.1) is 12.7 Å². The second kappa shape index (κ2) is 6.80. The Morgan fingerprint density at radius 2 is 1.95 bits per heavy atom. The number of ether oxygens (including phenoxy) is 2. The molecule has 0 saturated carbocycles. The molecule has 3 nitrogen and oxygen atoms in total. The Morgan fingerprint density at radius 3 is 2.62 bits per heavy atom. The van der Waals surface area contributed by atoms with E-state index in [-0.39, 0.29) is 5.82 Å². The van der Waals surface area contributed by atoms with Crippen LogP contribution in [-0.2, 0) is 6.54 Å². The van der Waals surface area contributed by atoms with Crippen LogP contribution >= 0.6 is 15.9 Å². The molecule has 0 aliphatic carbocycles. The summed E-state index contributed by atoms with van der Waals surface area (Å²) in [5.41, 5.74) is 2.68. The molecule has 0 fully saturated rings. The van der Waals surface area contributed by atoms with Crippen molar-refractivity contribution in [1.29, 1.82) is 0 Å². The molecule has 112 valence electrons. The van der Waals surface area contributed by atoms with Crippen molar-refractivity contribution in [2.45, 2.75) is 13.5 Å². The molecule has 1 N–H and O–H groups in total. The van der Waals surface area contributed by atoms with E-state index in [2.05, 4.69) is 21.2 Å². The quantitative estimate of drug-likeness (QED) is 0.856. The molecule has 5 heteroatoms. The van der Waals surface area contributed by atoms with E-state index in [0.717, 1.165) is 16.8 Å². The van der Waals surface area contributed by atoms with Gasteiger partial charge >= 0.3 is 0 Å². The molecule has 2 aromatic carbocycles. The van der Waals surface area contributed by atoms with Crippen molar-refractivity contribution in [2.75, 3.05) is 19.5 Å². The Bertz CT molecular complexity index is 646. The van der Waals surface area contributed by atoms with Crippen molar-refractivity contribution in [1.82, 2.24) is 0 Å². The first-order valence-corrected chi connectivity index (χ1v) is 7.25. The molecule has 21 heavy (non-hydrogen) atoms. The van der Waals surface area contributed by atoms with Gasteiger partial charge in [-0.3, -0.25) is 0 Å². The molecule has 0 aliphatic heterocycles. The van der Waals surface area contributed by atoms with Gasteiger partial charge in [-0.05, 0) is 46.6 Å². The van der Waals surface area contributed by atoms with Crippen LogP contribution in [0.3, 0.4) is 0 Å². The number of nitrogens with one attached hydrogen (secondary N) is 1. The lowest BCUT2D eigenvalue weighted by Gasteiger charge is -2.15. The van der Waals surface area contributed by atoms with Gasteiger partial charge in [0.1, 0.15) is 5.82 Å². The van der Waals surface area contributed by atoms with Gasteiger partial charge in [0.15, 0.2) is 11.5 Å². The molecule has 0 spiro atoms. The number of hydrogen-bond donors (Lipinski definition) is 1. The Hall–Kier alpha value is -1.75. The fourth-order valence-electron chi connectivity index (χ4n) is 2.12. The molecule has 0 radical (unpaired) electrons. The lowest BCUT2D eigenvalue weighted by Crippen LogP contribution is -2.04. The van der Waals surface area contributed by atoms with Gasteiger partial charge < -0.3 is 14.8 Å². The highest BCUT2D eigenvalue weighted by Gasteiger charge is 2.10. The van der Waals surface area contributed by atoms with Crippen molar-refractivity contribution >= 4 is 21.6 Å². The highest BCUT2D eigenvalue weighted by atomic mass is 79.9. The Balaban J connectivity index is 2.22. The minimum atomic E-state index is -0.267. The third-order valence-electron chi connectivity index (χ3n) is 3.22. The van der Waals surface area contributed by atoms with Gasteiger partial charge in [-0.2, -0.15) is 0 Å². The Morgan fingerprint density at radius 1 is 1.19 bits per heavy atom. The predicted octanol–water partition coefficient (Wildman–Crippen LogP) is 4.53. The summed E-state index contributed by atoms with van der Waals surface area (Å²) < 4.78 is 24.5. The van der Waals surface area contributed by atoms with E-state index in [0.29, 0.717) is 22.5 Å². The van der Waals surface area contributed by atoms with Crippen LogP contribution in [0.2, 0.25) is 0 Å². The molecule has 0 unspecified atom stereocenters. The molecule has 2 aromatic rings. The maximum atomic E-state index is 13.4. The van der Waals surface area contributed by atoms with Crippen molar-refractivity contribution in [3.8, 4) is 11.5 Å². The van der Waals surface area contributed by atoms with Gasteiger partial charge in [0, 0.05) is 17.8 Å². The zero-order chi connectivity index (χ0) is 15.4. The minimum Gasteiger partial charge on any atom is -0.493 e. The van der Waals surface area contributed by atoms with Crippen molar-refractivity contribution in [3.05, 3.63) is 51.7 Å². The van der Waals surface area contributed by atoms with Crippen LogP contribution in [-0.4, -0.2) is 14.2 Å². The summed E-state index contributed by atoms with van der Waals surface area (Å²) in [5.74, 6) is 1.12. The predicted molar refractivity (Wildman–Crippen MR) is 85.7 cm³/mol. The maximum Gasteiger partial charge on any atom is 0.165 e. The van der Waals surface area contributed by atoms with Gasteiger partial charge in [-0.25, -0.2) is 4.39 Å². The minimum absolute atomic E-state index is 0.267. The van der Waals surface area contributed by atoms with Crippen molar-refractivity contribution in [3.63, 3.8) is 0 Å². The number of hydrogen-bond acceptors (Lipinski definition) is 3. The third kappa shape index (κ3) is 3.47. The first-order valence-electron chi connectivity index (χ1n) is 6.46. The second-order valence-corrected chi connectivity index (χ2v) is 5.44. The fourth-order valence-corrected chi connectivity index (χ4v) is 2.46. The van der Waals surface area contributed by atoms with Crippen LogP contribution in [0.4, 0.5) is 10.1 Å². The molecule has 0 amide bonds. The normalized spacial score (nSPS) is 10.3. The van der Waals surface area contributed by atoms with Crippen molar-refractivity contribution < 1.29 is 13.9 Å². The molecule has 0 bridgehead atoms. The zero-order valence-corrected chi connectivity index (χ0v) is 13.8. The van der Waals surface area contributed by atoms with E-state index in [1.54, 1.807) is 20.3 Å².